The Balaban J connectivity index is 1.84. The number of rotatable bonds is 7. The van der Waals surface area contributed by atoms with Crippen molar-refractivity contribution in [2.45, 2.75) is 4.90 Å². The van der Waals surface area contributed by atoms with E-state index in [0.29, 0.717) is 5.02 Å². The topological polar surface area (TPSA) is 127 Å². The van der Waals surface area contributed by atoms with Gasteiger partial charge in [-0.1, -0.05) is 11.6 Å². The summed E-state index contributed by atoms with van der Waals surface area (Å²) < 4.78 is 27.4. The molecule has 0 unspecified atom stereocenters. The van der Waals surface area contributed by atoms with Crippen LogP contribution in [0, 0.1) is 10.1 Å². The van der Waals surface area contributed by atoms with Crippen LogP contribution in [0.4, 0.5) is 17.1 Å². The van der Waals surface area contributed by atoms with E-state index < -0.39 is 20.6 Å². The highest BCUT2D eigenvalue weighted by Crippen LogP contribution is 2.28. The highest BCUT2D eigenvalue weighted by Gasteiger charge is 2.21. The monoisotopic (exact) mass is 431 g/mol. The van der Waals surface area contributed by atoms with E-state index in [1.807, 2.05) is 0 Å². The first-order valence-corrected chi connectivity index (χ1v) is 9.97. The molecule has 0 aliphatic heterocycles. The average Bonchev–Trinajstić information content (AvgIpc) is 2.70. The fourth-order valence-corrected chi connectivity index (χ4v) is 3.49. The number of pyridine rings is 1. The molecule has 2 aromatic carbocycles. The number of benzene rings is 2. The first kappa shape index (κ1) is 20.2. The van der Waals surface area contributed by atoms with Crippen molar-refractivity contribution in [1.82, 2.24) is 4.98 Å². The summed E-state index contributed by atoms with van der Waals surface area (Å²) in [6.45, 7) is 0. The number of nitro groups is 1. The van der Waals surface area contributed by atoms with E-state index in [9.17, 15) is 18.5 Å². The van der Waals surface area contributed by atoms with Gasteiger partial charge >= 0.3 is 0 Å². The molecule has 0 saturated carbocycles. The Morgan fingerprint density at radius 3 is 2.41 bits per heavy atom. The molecular formula is C18H14ClN5O4S. The SMILES string of the molecule is O=[N+]([O-])c1cc(S(=O)(=O)Nc2ccc(Cl)cc2)ccc1N/N=C\c1ccncc1. The third-order valence-corrected chi connectivity index (χ3v) is 5.31. The Kier molecular flexibility index (Phi) is 6.05. The van der Waals surface area contributed by atoms with E-state index in [2.05, 4.69) is 20.2 Å². The molecule has 1 aromatic heterocycles. The summed E-state index contributed by atoms with van der Waals surface area (Å²) in [6, 6.07) is 12.9. The Morgan fingerprint density at radius 1 is 1.07 bits per heavy atom. The van der Waals surface area contributed by atoms with Gasteiger partial charge in [-0.15, -0.1) is 0 Å². The molecule has 3 aromatic rings. The number of nitro benzene ring substituents is 1. The van der Waals surface area contributed by atoms with Crippen molar-refractivity contribution in [2.75, 3.05) is 10.1 Å². The average molecular weight is 432 g/mol. The summed E-state index contributed by atoms with van der Waals surface area (Å²) in [4.78, 5) is 14.3. The summed E-state index contributed by atoms with van der Waals surface area (Å²) >= 11 is 5.78. The van der Waals surface area contributed by atoms with Crippen LogP contribution in [0.1, 0.15) is 5.56 Å². The third kappa shape index (κ3) is 5.27. The molecule has 9 nitrogen and oxygen atoms in total. The van der Waals surface area contributed by atoms with Crippen molar-refractivity contribution in [2.24, 2.45) is 5.10 Å². The van der Waals surface area contributed by atoms with Gasteiger partial charge in [0.1, 0.15) is 5.69 Å². The van der Waals surface area contributed by atoms with Crippen LogP contribution in [0.5, 0.6) is 0 Å². The maximum Gasteiger partial charge on any atom is 0.295 e. The minimum absolute atomic E-state index is 0.0470. The molecular weight excluding hydrogens is 418 g/mol. The van der Waals surface area contributed by atoms with Gasteiger partial charge in [-0.3, -0.25) is 25.2 Å². The van der Waals surface area contributed by atoms with Gasteiger partial charge in [-0.2, -0.15) is 5.10 Å². The zero-order chi connectivity index (χ0) is 20.9. The molecule has 3 rings (SSSR count). The number of hydrogen-bond acceptors (Lipinski definition) is 7. The third-order valence-electron chi connectivity index (χ3n) is 3.68. The van der Waals surface area contributed by atoms with E-state index in [-0.39, 0.29) is 16.3 Å². The maximum atomic E-state index is 12.5. The van der Waals surface area contributed by atoms with Gasteiger partial charge in [-0.05, 0) is 54.1 Å². The van der Waals surface area contributed by atoms with Crippen LogP contribution in [0.3, 0.4) is 0 Å². The summed E-state index contributed by atoms with van der Waals surface area (Å²) in [7, 11) is -4.03. The number of hydrogen-bond donors (Lipinski definition) is 2. The highest BCUT2D eigenvalue weighted by molar-refractivity contribution is 7.92. The molecule has 0 aliphatic rings. The fourth-order valence-electron chi connectivity index (χ4n) is 2.28. The molecule has 11 heteroatoms. The first-order valence-electron chi connectivity index (χ1n) is 8.11. The minimum atomic E-state index is -4.03. The Bertz CT molecular complexity index is 1150. The van der Waals surface area contributed by atoms with Crippen molar-refractivity contribution in [1.29, 1.82) is 0 Å². The number of nitrogens with zero attached hydrogens (tertiary/aromatic N) is 3. The van der Waals surface area contributed by atoms with Crippen molar-refractivity contribution >= 4 is 44.9 Å². The van der Waals surface area contributed by atoms with E-state index in [0.717, 1.165) is 11.6 Å². The zero-order valence-corrected chi connectivity index (χ0v) is 16.3. The highest BCUT2D eigenvalue weighted by atomic mass is 35.5. The van der Waals surface area contributed by atoms with Crippen LogP contribution in [0.15, 0.2) is 77.0 Å². The van der Waals surface area contributed by atoms with Crippen LogP contribution >= 0.6 is 11.6 Å². The lowest BCUT2D eigenvalue weighted by molar-refractivity contribution is -0.384. The molecule has 148 valence electrons. The predicted octanol–water partition coefficient (Wildman–Crippen LogP) is 3.89. The number of anilines is 2. The van der Waals surface area contributed by atoms with Crippen LogP contribution < -0.4 is 10.1 Å². The lowest BCUT2D eigenvalue weighted by atomic mass is 10.3. The van der Waals surface area contributed by atoms with Crippen LogP contribution in [0.2, 0.25) is 5.02 Å². The molecule has 2 N–H and O–H groups in total. The second kappa shape index (κ2) is 8.67. The number of aromatic nitrogens is 1. The smallest absolute Gasteiger partial charge is 0.280 e. The van der Waals surface area contributed by atoms with Crippen molar-refractivity contribution < 1.29 is 13.3 Å². The molecule has 0 bridgehead atoms. The lowest BCUT2D eigenvalue weighted by Gasteiger charge is -2.09. The summed E-state index contributed by atoms with van der Waals surface area (Å²) in [5.41, 5.74) is 3.18. The van der Waals surface area contributed by atoms with Crippen LogP contribution in [0.25, 0.3) is 0 Å². The maximum absolute atomic E-state index is 12.5. The number of hydrazone groups is 1. The molecule has 0 radical (unpaired) electrons. The van der Waals surface area contributed by atoms with Crippen LogP contribution in [-0.2, 0) is 10.0 Å². The van der Waals surface area contributed by atoms with Crippen LogP contribution in [-0.4, -0.2) is 24.5 Å². The number of sulfonamides is 1. The van der Waals surface area contributed by atoms with E-state index in [4.69, 9.17) is 11.6 Å². The predicted molar refractivity (Wildman–Crippen MR) is 111 cm³/mol. The van der Waals surface area contributed by atoms with E-state index in [1.54, 1.807) is 24.5 Å². The summed E-state index contributed by atoms with van der Waals surface area (Å²) in [5, 5.41) is 15.8. The van der Waals surface area contributed by atoms with Gasteiger partial charge in [-0.25, -0.2) is 8.42 Å². The standard InChI is InChI=1S/C18H14ClN5O4S/c19-14-1-3-15(4-2-14)23-29(27,28)16-5-6-17(18(11-16)24(25)26)22-21-12-13-7-9-20-10-8-13/h1-12,22-23H/b21-12-. The zero-order valence-electron chi connectivity index (χ0n) is 14.7. The fraction of sp³-hybridized carbons (Fsp3) is 0. The van der Waals surface area contributed by atoms with Crippen molar-refractivity contribution in [3.63, 3.8) is 0 Å². The van der Waals surface area contributed by atoms with Crippen molar-refractivity contribution in [3.05, 3.63) is 87.7 Å². The Hall–Kier alpha value is -3.50. The molecule has 1 heterocycles. The summed E-state index contributed by atoms with van der Waals surface area (Å²) in [5.74, 6) is 0. The van der Waals surface area contributed by atoms with E-state index in [1.165, 1.54) is 42.6 Å². The number of halogens is 1. The van der Waals surface area contributed by atoms with E-state index >= 15 is 0 Å². The largest absolute Gasteiger partial charge is 0.295 e. The lowest BCUT2D eigenvalue weighted by Crippen LogP contribution is -2.13. The molecule has 29 heavy (non-hydrogen) atoms. The van der Waals surface area contributed by atoms with Gasteiger partial charge in [0, 0.05) is 29.2 Å². The summed E-state index contributed by atoms with van der Waals surface area (Å²) in [6.07, 6.45) is 4.62. The molecule has 0 fully saturated rings. The van der Waals surface area contributed by atoms with Crippen molar-refractivity contribution in [3.8, 4) is 0 Å². The molecule has 0 saturated heterocycles. The first-order chi connectivity index (χ1) is 13.8. The molecule has 0 aliphatic carbocycles. The van der Waals surface area contributed by atoms with Gasteiger partial charge in [0.05, 0.1) is 16.0 Å². The second-order valence-electron chi connectivity index (χ2n) is 5.70. The van der Waals surface area contributed by atoms with Gasteiger partial charge in [0.2, 0.25) is 0 Å². The van der Waals surface area contributed by atoms with Gasteiger partial charge in [0.15, 0.2) is 0 Å². The molecule has 0 atom stereocenters. The van der Waals surface area contributed by atoms with Gasteiger partial charge < -0.3 is 0 Å². The quantitative estimate of drug-likeness (QED) is 0.332. The minimum Gasteiger partial charge on any atom is -0.280 e. The number of nitrogens with one attached hydrogen (secondary N) is 2. The Morgan fingerprint density at radius 2 is 1.76 bits per heavy atom. The molecule has 0 spiro atoms. The normalized spacial score (nSPS) is 11.3. The Labute approximate surface area is 171 Å². The van der Waals surface area contributed by atoms with Gasteiger partial charge in [0.25, 0.3) is 15.7 Å². The second-order valence-corrected chi connectivity index (χ2v) is 7.82. The molecule has 0 amide bonds.